The highest BCUT2D eigenvalue weighted by molar-refractivity contribution is 5.89. The highest BCUT2D eigenvalue weighted by Gasteiger charge is 2.05. The second kappa shape index (κ2) is 8.31. The molecule has 0 aliphatic carbocycles. The Hall–Kier alpha value is -3.41. The molecule has 2 N–H and O–H groups in total. The molecule has 138 valence electrons. The van der Waals surface area contributed by atoms with Gasteiger partial charge < -0.3 is 10.6 Å². The molecule has 0 saturated heterocycles. The SMILES string of the molecule is Cc1ccc(-c2ccc(=O)n(CCNC(=O)Nc3cccc(C)c3)n2)cc1. The third kappa shape index (κ3) is 5.04. The fraction of sp³-hybridized carbons (Fsp3) is 0.190. The summed E-state index contributed by atoms with van der Waals surface area (Å²) in [5, 5.41) is 9.91. The van der Waals surface area contributed by atoms with Crippen molar-refractivity contribution >= 4 is 11.7 Å². The van der Waals surface area contributed by atoms with Crippen molar-refractivity contribution in [3.05, 3.63) is 82.1 Å². The van der Waals surface area contributed by atoms with Crippen LogP contribution in [-0.4, -0.2) is 22.4 Å². The minimum Gasteiger partial charge on any atom is -0.336 e. The number of carbonyl (C=O) groups is 1. The van der Waals surface area contributed by atoms with Gasteiger partial charge in [-0.2, -0.15) is 5.10 Å². The molecule has 0 aliphatic heterocycles. The maximum absolute atomic E-state index is 12.0. The molecule has 0 unspecified atom stereocenters. The highest BCUT2D eigenvalue weighted by atomic mass is 16.2. The first-order valence-corrected chi connectivity index (χ1v) is 8.78. The summed E-state index contributed by atoms with van der Waals surface area (Å²) < 4.78 is 1.36. The molecule has 2 aromatic carbocycles. The van der Waals surface area contributed by atoms with E-state index in [1.54, 1.807) is 6.07 Å². The Morgan fingerprint density at radius 3 is 2.52 bits per heavy atom. The molecule has 6 nitrogen and oxygen atoms in total. The molecule has 27 heavy (non-hydrogen) atoms. The van der Waals surface area contributed by atoms with Gasteiger partial charge in [-0.15, -0.1) is 0 Å². The smallest absolute Gasteiger partial charge is 0.319 e. The van der Waals surface area contributed by atoms with E-state index in [9.17, 15) is 9.59 Å². The summed E-state index contributed by atoms with van der Waals surface area (Å²) in [6.07, 6.45) is 0. The Morgan fingerprint density at radius 2 is 1.78 bits per heavy atom. The molecule has 3 aromatic rings. The van der Waals surface area contributed by atoms with Crippen molar-refractivity contribution < 1.29 is 4.79 Å². The number of nitrogens with zero attached hydrogens (tertiary/aromatic N) is 2. The summed E-state index contributed by atoms with van der Waals surface area (Å²) in [4.78, 5) is 24.0. The Morgan fingerprint density at radius 1 is 1.00 bits per heavy atom. The largest absolute Gasteiger partial charge is 0.336 e. The van der Waals surface area contributed by atoms with Crippen LogP contribution in [0.15, 0.2) is 65.5 Å². The Balaban J connectivity index is 1.60. The molecule has 6 heteroatoms. The van der Waals surface area contributed by atoms with E-state index in [2.05, 4.69) is 15.7 Å². The molecule has 2 amide bonds. The second-order valence-corrected chi connectivity index (χ2v) is 6.40. The first-order chi connectivity index (χ1) is 13.0. The lowest BCUT2D eigenvalue weighted by molar-refractivity contribution is 0.251. The molecule has 1 heterocycles. The van der Waals surface area contributed by atoms with Gasteiger partial charge in [-0.1, -0.05) is 42.0 Å². The third-order valence-corrected chi connectivity index (χ3v) is 4.10. The van der Waals surface area contributed by atoms with E-state index in [0.717, 1.165) is 28.1 Å². The normalized spacial score (nSPS) is 10.4. The first-order valence-electron chi connectivity index (χ1n) is 8.78. The number of hydrogen-bond acceptors (Lipinski definition) is 3. The number of rotatable bonds is 5. The Labute approximate surface area is 157 Å². The second-order valence-electron chi connectivity index (χ2n) is 6.40. The van der Waals surface area contributed by atoms with Gasteiger partial charge in [0.2, 0.25) is 0 Å². The van der Waals surface area contributed by atoms with E-state index in [1.807, 2.05) is 62.4 Å². The fourth-order valence-corrected chi connectivity index (χ4v) is 2.66. The van der Waals surface area contributed by atoms with Gasteiger partial charge in [-0.05, 0) is 37.6 Å². The van der Waals surface area contributed by atoms with Crippen molar-refractivity contribution in [2.75, 3.05) is 11.9 Å². The third-order valence-electron chi connectivity index (χ3n) is 4.10. The number of nitrogens with one attached hydrogen (secondary N) is 2. The number of aryl methyl sites for hydroxylation is 2. The zero-order chi connectivity index (χ0) is 19.2. The van der Waals surface area contributed by atoms with E-state index >= 15 is 0 Å². The summed E-state index contributed by atoms with van der Waals surface area (Å²) in [5.41, 5.74) is 4.42. The van der Waals surface area contributed by atoms with Crippen LogP contribution in [0.3, 0.4) is 0 Å². The van der Waals surface area contributed by atoms with E-state index in [1.165, 1.54) is 10.7 Å². The number of hydrogen-bond donors (Lipinski definition) is 2. The van der Waals surface area contributed by atoms with Crippen LogP contribution in [0.25, 0.3) is 11.3 Å². The number of carbonyl (C=O) groups excluding carboxylic acids is 1. The predicted molar refractivity (Wildman–Crippen MR) is 107 cm³/mol. The standard InChI is InChI=1S/C21H22N4O2/c1-15-6-8-17(9-7-15)19-10-11-20(26)25(24-19)13-12-22-21(27)23-18-5-3-4-16(2)14-18/h3-11,14H,12-13H2,1-2H3,(H2,22,23,27). The molecule has 0 bridgehead atoms. The Bertz CT molecular complexity index is 994. The van der Waals surface area contributed by atoms with Crippen LogP contribution in [0, 0.1) is 13.8 Å². The molecule has 1 aromatic heterocycles. The van der Waals surface area contributed by atoms with Gasteiger partial charge in [0.15, 0.2) is 0 Å². The average molecular weight is 362 g/mol. The van der Waals surface area contributed by atoms with Gasteiger partial charge in [0, 0.05) is 23.9 Å². The highest BCUT2D eigenvalue weighted by Crippen LogP contribution is 2.15. The molecule has 3 rings (SSSR count). The number of benzene rings is 2. The monoisotopic (exact) mass is 362 g/mol. The number of aromatic nitrogens is 2. The van der Waals surface area contributed by atoms with Crippen LogP contribution in [0.5, 0.6) is 0 Å². The fourth-order valence-electron chi connectivity index (χ4n) is 2.66. The van der Waals surface area contributed by atoms with Crippen molar-refractivity contribution in [3.8, 4) is 11.3 Å². The van der Waals surface area contributed by atoms with Gasteiger partial charge in [0.1, 0.15) is 0 Å². The van der Waals surface area contributed by atoms with Crippen molar-refractivity contribution in [1.29, 1.82) is 0 Å². The zero-order valence-corrected chi connectivity index (χ0v) is 15.4. The van der Waals surface area contributed by atoms with Gasteiger partial charge in [0.05, 0.1) is 12.2 Å². The number of urea groups is 1. The van der Waals surface area contributed by atoms with Crippen molar-refractivity contribution in [2.24, 2.45) is 0 Å². The van der Waals surface area contributed by atoms with E-state index in [0.29, 0.717) is 13.1 Å². The average Bonchev–Trinajstić information content (AvgIpc) is 2.64. The van der Waals surface area contributed by atoms with Gasteiger partial charge >= 0.3 is 6.03 Å². The molecule has 0 fully saturated rings. The minimum absolute atomic E-state index is 0.202. The van der Waals surface area contributed by atoms with Crippen LogP contribution >= 0.6 is 0 Å². The van der Waals surface area contributed by atoms with Gasteiger partial charge in [0.25, 0.3) is 5.56 Å². The van der Waals surface area contributed by atoms with Crippen LogP contribution in [0.1, 0.15) is 11.1 Å². The predicted octanol–water partition coefficient (Wildman–Crippen LogP) is 3.35. The lowest BCUT2D eigenvalue weighted by Crippen LogP contribution is -2.34. The molecular formula is C21H22N4O2. The molecule has 0 atom stereocenters. The summed E-state index contributed by atoms with van der Waals surface area (Å²) in [5.74, 6) is 0. The maximum atomic E-state index is 12.0. The first kappa shape index (κ1) is 18.4. The van der Waals surface area contributed by atoms with E-state index in [4.69, 9.17) is 0 Å². The van der Waals surface area contributed by atoms with Crippen molar-refractivity contribution in [2.45, 2.75) is 20.4 Å². The topological polar surface area (TPSA) is 76.0 Å². The lowest BCUT2D eigenvalue weighted by Gasteiger charge is -2.10. The van der Waals surface area contributed by atoms with Crippen LogP contribution < -0.4 is 16.2 Å². The van der Waals surface area contributed by atoms with Crippen molar-refractivity contribution in [1.82, 2.24) is 15.1 Å². The minimum atomic E-state index is -0.316. The van der Waals surface area contributed by atoms with Crippen LogP contribution in [0.4, 0.5) is 10.5 Å². The summed E-state index contributed by atoms with van der Waals surface area (Å²) in [6, 6.07) is 18.4. The number of amides is 2. The quantitative estimate of drug-likeness (QED) is 0.731. The van der Waals surface area contributed by atoms with Gasteiger partial charge in [-0.25, -0.2) is 9.48 Å². The molecule has 0 spiro atoms. The molecule has 0 aliphatic rings. The zero-order valence-electron chi connectivity index (χ0n) is 15.4. The Kier molecular flexibility index (Phi) is 5.66. The summed E-state index contributed by atoms with van der Waals surface area (Å²) >= 11 is 0. The molecule has 0 radical (unpaired) electrons. The number of anilines is 1. The molecule has 0 saturated carbocycles. The lowest BCUT2D eigenvalue weighted by atomic mass is 10.1. The molecular weight excluding hydrogens is 340 g/mol. The van der Waals surface area contributed by atoms with Crippen LogP contribution in [0.2, 0.25) is 0 Å². The van der Waals surface area contributed by atoms with E-state index < -0.39 is 0 Å². The van der Waals surface area contributed by atoms with E-state index in [-0.39, 0.29) is 11.6 Å². The maximum Gasteiger partial charge on any atom is 0.319 e. The summed E-state index contributed by atoms with van der Waals surface area (Å²) in [6.45, 7) is 4.56. The van der Waals surface area contributed by atoms with Crippen molar-refractivity contribution in [3.63, 3.8) is 0 Å². The van der Waals surface area contributed by atoms with Crippen LogP contribution in [-0.2, 0) is 6.54 Å². The van der Waals surface area contributed by atoms with Gasteiger partial charge in [-0.3, -0.25) is 4.79 Å². The summed E-state index contributed by atoms with van der Waals surface area (Å²) in [7, 11) is 0.